The van der Waals surface area contributed by atoms with Crippen molar-refractivity contribution in [3.63, 3.8) is 0 Å². The standard InChI is InChI=1S/C19H25N3O2S/c1-4-17-16(14-9-10-21-19(11-14)25(3,20)24)12-18(22(17)2)13-5-7-15(23)8-6-13/h4,9-13,15,20,23H,1,5-8H2,2-3H3/t13-,15-,25-/m0/s1. The monoisotopic (exact) mass is 359 g/mol. The quantitative estimate of drug-likeness (QED) is 0.872. The van der Waals surface area contributed by atoms with E-state index in [1.807, 2.05) is 19.2 Å². The van der Waals surface area contributed by atoms with Gasteiger partial charge in [-0.2, -0.15) is 0 Å². The van der Waals surface area contributed by atoms with Crippen molar-refractivity contribution in [2.24, 2.45) is 7.05 Å². The number of hydrogen-bond donors (Lipinski definition) is 2. The molecule has 0 saturated heterocycles. The molecule has 2 aromatic rings. The Labute approximate surface area is 149 Å². The molecule has 5 nitrogen and oxygen atoms in total. The van der Waals surface area contributed by atoms with Gasteiger partial charge in [0.15, 0.2) is 0 Å². The lowest BCUT2D eigenvalue weighted by Crippen LogP contribution is -2.18. The fraction of sp³-hybridized carbons (Fsp3) is 0.421. The van der Waals surface area contributed by atoms with Gasteiger partial charge in [-0.1, -0.05) is 6.58 Å². The lowest BCUT2D eigenvalue weighted by molar-refractivity contribution is 0.121. The smallest absolute Gasteiger partial charge is 0.135 e. The number of nitrogens with zero attached hydrogens (tertiary/aromatic N) is 2. The molecule has 1 aliphatic carbocycles. The van der Waals surface area contributed by atoms with E-state index < -0.39 is 9.73 Å². The summed E-state index contributed by atoms with van der Waals surface area (Å²) in [4.78, 5) is 4.10. The van der Waals surface area contributed by atoms with Crippen LogP contribution in [-0.2, 0) is 16.8 Å². The van der Waals surface area contributed by atoms with Crippen molar-refractivity contribution in [1.82, 2.24) is 9.55 Å². The van der Waals surface area contributed by atoms with Crippen LogP contribution < -0.4 is 0 Å². The fourth-order valence-electron chi connectivity index (χ4n) is 3.67. The van der Waals surface area contributed by atoms with Crippen LogP contribution in [0.1, 0.15) is 43.0 Å². The maximum Gasteiger partial charge on any atom is 0.135 e. The zero-order chi connectivity index (χ0) is 18.2. The van der Waals surface area contributed by atoms with Crippen LogP contribution in [0.4, 0.5) is 0 Å². The SMILES string of the molecule is C=Cc1c(-c2ccnc([S@@](C)(=N)=O)c2)cc([C@H]2CC[C@H](O)CC2)n1C. The molecule has 2 N–H and O–H groups in total. The minimum atomic E-state index is -2.85. The van der Waals surface area contributed by atoms with E-state index in [0.717, 1.165) is 42.5 Å². The van der Waals surface area contributed by atoms with Crippen LogP contribution in [0, 0.1) is 4.78 Å². The molecule has 0 bridgehead atoms. The summed E-state index contributed by atoms with van der Waals surface area (Å²) in [6, 6.07) is 5.79. The number of aromatic nitrogens is 2. The third-order valence-corrected chi connectivity index (χ3v) is 6.09. The van der Waals surface area contributed by atoms with Crippen molar-refractivity contribution in [3.05, 3.63) is 42.4 Å². The molecule has 6 heteroatoms. The first kappa shape index (κ1) is 17.9. The van der Waals surface area contributed by atoms with Gasteiger partial charge in [-0.25, -0.2) is 14.0 Å². The van der Waals surface area contributed by atoms with E-state index in [9.17, 15) is 9.32 Å². The van der Waals surface area contributed by atoms with Crippen molar-refractivity contribution in [3.8, 4) is 11.1 Å². The summed E-state index contributed by atoms with van der Waals surface area (Å²) in [6.07, 6.45) is 8.29. The highest BCUT2D eigenvalue weighted by molar-refractivity contribution is 7.91. The van der Waals surface area contributed by atoms with Gasteiger partial charge >= 0.3 is 0 Å². The molecule has 1 fully saturated rings. The molecular weight excluding hydrogens is 334 g/mol. The largest absolute Gasteiger partial charge is 0.393 e. The minimum absolute atomic E-state index is 0.174. The van der Waals surface area contributed by atoms with Crippen molar-refractivity contribution in [2.75, 3.05) is 6.26 Å². The van der Waals surface area contributed by atoms with Crippen molar-refractivity contribution in [1.29, 1.82) is 4.78 Å². The third kappa shape index (κ3) is 3.55. The molecule has 0 unspecified atom stereocenters. The van der Waals surface area contributed by atoms with E-state index in [2.05, 4.69) is 22.2 Å². The zero-order valence-electron chi connectivity index (χ0n) is 14.7. The van der Waals surface area contributed by atoms with E-state index >= 15 is 0 Å². The van der Waals surface area contributed by atoms with Gasteiger partial charge in [-0.15, -0.1) is 0 Å². The molecule has 0 spiro atoms. The lowest BCUT2D eigenvalue weighted by Gasteiger charge is -2.26. The number of aliphatic hydroxyl groups excluding tert-OH is 1. The molecular formula is C19H25N3O2S. The Hall–Kier alpha value is -1.92. The Kier molecular flexibility index (Phi) is 4.84. The lowest BCUT2D eigenvalue weighted by atomic mass is 9.85. The average Bonchev–Trinajstić information content (AvgIpc) is 2.91. The van der Waals surface area contributed by atoms with Gasteiger partial charge in [-0.3, -0.25) is 0 Å². The van der Waals surface area contributed by atoms with Crippen LogP contribution in [0.15, 0.2) is 36.0 Å². The summed E-state index contributed by atoms with van der Waals surface area (Å²) in [6.45, 7) is 3.95. The van der Waals surface area contributed by atoms with E-state index in [0.29, 0.717) is 10.9 Å². The second-order valence-electron chi connectivity index (χ2n) is 6.86. The van der Waals surface area contributed by atoms with Crippen LogP contribution in [0.3, 0.4) is 0 Å². The van der Waals surface area contributed by atoms with Crippen LogP contribution in [0.2, 0.25) is 0 Å². The highest BCUT2D eigenvalue weighted by atomic mass is 32.2. The van der Waals surface area contributed by atoms with E-state index in [4.69, 9.17) is 4.78 Å². The van der Waals surface area contributed by atoms with Gasteiger partial charge in [0.25, 0.3) is 0 Å². The number of hydrogen-bond acceptors (Lipinski definition) is 4. The topological polar surface area (TPSA) is 79.0 Å². The maximum atomic E-state index is 12.0. The van der Waals surface area contributed by atoms with Gasteiger partial charge in [0.05, 0.1) is 15.8 Å². The van der Waals surface area contributed by atoms with Gasteiger partial charge in [0, 0.05) is 36.5 Å². The summed E-state index contributed by atoms with van der Waals surface area (Å²) in [5, 5.41) is 10.1. The Balaban J connectivity index is 2.05. The van der Waals surface area contributed by atoms with Gasteiger partial charge in [-0.05, 0) is 61.4 Å². The Morgan fingerprint density at radius 2 is 2.04 bits per heavy atom. The van der Waals surface area contributed by atoms with E-state index in [1.165, 1.54) is 11.9 Å². The van der Waals surface area contributed by atoms with Gasteiger partial charge in [0.2, 0.25) is 0 Å². The van der Waals surface area contributed by atoms with Crippen molar-refractivity contribution < 1.29 is 9.32 Å². The van der Waals surface area contributed by atoms with Crippen molar-refractivity contribution >= 4 is 15.8 Å². The second-order valence-corrected chi connectivity index (χ2v) is 8.97. The van der Waals surface area contributed by atoms with Crippen LogP contribution in [0.5, 0.6) is 0 Å². The molecule has 0 amide bonds. The number of nitrogens with one attached hydrogen (secondary N) is 1. The van der Waals surface area contributed by atoms with E-state index in [-0.39, 0.29) is 6.10 Å². The molecule has 134 valence electrons. The Bertz CT molecular complexity index is 891. The molecule has 2 aromatic heterocycles. The number of aliphatic hydroxyl groups is 1. The maximum absolute atomic E-state index is 12.0. The average molecular weight is 359 g/mol. The summed E-state index contributed by atoms with van der Waals surface area (Å²) < 4.78 is 22.0. The molecule has 0 radical (unpaired) electrons. The van der Waals surface area contributed by atoms with Crippen LogP contribution >= 0.6 is 0 Å². The molecule has 2 heterocycles. The van der Waals surface area contributed by atoms with Crippen LogP contribution in [0.25, 0.3) is 17.2 Å². The first-order valence-electron chi connectivity index (χ1n) is 8.51. The highest BCUT2D eigenvalue weighted by Crippen LogP contribution is 2.38. The summed E-state index contributed by atoms with van der Waals surface area (Å²) in [5.74, 6) is 0.425. The zero-order valence-corrected chi connectivity index (χ0v) is 15.6. The van der Waals surface area contributed by atoms with Gasteiger partial charge in [0.1, 0.15) is 5.03 Å². The molecule has 25 heavy (non-hydrogen) atoms. The Morgan fingerprint density at radius 1 is 1.36 bits per heavy atom. The predicted molar refractivity (Wildman–Crippen MR) is 101 cm³/mol. The molecule has 0 aromatic carbocycles. The van der Waals surface area contributed by atoms with Gasteiger partial charge < -0.3 is 9.67 Å². The summed E-state index contributed by atoms with van der Waals surface area (Å²) in [7, 11) is -0.816. The summed E-state index contributed by atoms with van der Waals surface area (Å²) >= 11 is 0. The van der Waals surface area contributed by atoms with Crippen molar-refractivity contribution in [2.45, 2.75) is 42.7 Å². The summed E-state index contributed by atoms with van der Waals surface area (Å²) in [5.41, 5.74) is 4.16. The Morgan fingerprint density at radius 3 is 2.64 bits per heavy atom. The molecule has 1 aliphatic rings. The van der Waals surface area contributed by atoms with E-state index in [1.54, 1.807) is 12.3 Å². The second kappa shape index (κ2) is 6.77. The molecule has 1 saturated carbocycles. The number of rotatable bonds is 4. The highest BCUT2D eigenvalue weighted by Gasteiger charge is 2.25. The molecule has 1 atom stereocenters. The molecule has 3 rings (SSSR count). The fourth-order valence-corrected chi connectivity index (χ4v) is 4.28. The predicted octanol–water partition coefficient (Wildman–Crippen LogP) is 3.78. The first-order chi connectivity index (χ1) is 11.8. The normalized spacial score (nSPS) is 23.2. The van der Waals surface area contributed by atoms with Crippen LogP contribution in [-0.4, -0.2) is 31.2 Å². The minimum Gasteiger partial charge on any atom is -0.393 e. The third-order valence-electron chi connectivity index (χ3n) is 5.07. The molecule has 0 aliphatic heterocycles. The first-order valence-corrected chi connectivity index (χ1v) is 10.5. The number of pyridine rings is 1.